The summed E-state index contributed by atoms with van der Waals surface area (Å²) >= 11 is 12.4. The van der Waals surface area contributed by atoms with Crippen molar-refractivity contribution < 1.29 is 4.79 Å². The third-order valence-corrected chi connectivity index (χ3v) is 4.03. The molecule has 98 valence electrons. The van der Waals surface area contributed by atoms with Gasteiger partial charge in [0.05, 0.1) is 15.6 Å². The molecule has 1 amide bonds. The minimum Gasteiger partial charge on any atom is -0.389 e. The smallest absolute Gasteiger partial charge is 0.265 e. The zero-order chi connectivity index (χ0) is 14.0. The molecule has 2 aromatic rings. The summed E-state index contributed by atoms with van der Waals surface area (Å²) in [5.41, 5.74) is 6.72. The summed E-state index contributed by atoms with van der Waals surface area (Å²) in [4.78, 5) is 14.0. The molecule has 0 aliphatic carbocycles. The zero-order valence-electron chi connectivity index (χ0n) is 10.1. The monoisotopic (exact) mass is 310 g/mol. The summed E-state index contributed by atoms with van der Waals surface area (Å²) in [6, 6.07) is 8.72. The van der Waals surface area contributed by atoms with E-state index in [1.807, 2.05) is 13.0 Å². The van der Waals surface area contributed by atoms with Gasteiger partial charge in [-0.3, -0.25) is 4.79 Å². The van der Waals surface area contributed by atoms with Crippen LogP contribution in [-0.2, 0) is 0 Å². The molecule has 1 aromatic carbocycles. The molecule has 0 saturated carbocycles. The van der Waals surface area contributed by atoms with Crippen LogP contribution in [0.3, 0.4) is 0 Å². The van der Waals surface area contributed by atoms with Crippen molar-refractivity contribution in [3.05, 3.63) is 50.7 Å². The first-order chi connectivity index (χ1) is 8.97. The molecule has 0 atom stereocenters. The molecule has 3 N–H and O–H groups in total. The van der Waals surface area contributed by atoms with E-state index in [0.717, 1.165) is 4.88 Å². The van der Waals surface area contributed by atoms with Gasteiger partial charge in [-0.1, -0.05) is 29.9 Å². The Morgan fingerprint density at radius 2 is 2.11 bits per heavy atom. The highest BCUT2D eigenvalue weighted by Crippen LogP contribution is 2.25. The number of amides is 1. The number of thiophene rings is 1. The number of thiocarbonyl (C=S) groups is 1. The van der Waals surface area contributed by atoms with Crippen LogP contribution < -0.4 is 11.1 Å². The number of nitrogens with two attached hydrogens (primary N) is 1. The summed E-state index contributed by atoms with van der Waals surface area (Å²) in [5.74, 6) is -0.194. The van der Waals surface area contributed by atoms with E-state index in [2.05, 4.69) is 5.32 Å². The molecular weight excluding hydrogens is 300 g/mol. The molecular formula is C13H11ClN2OS2. The maximum absolute atomic E-state index is 12.0. The van der Waals surface area contributed by atoms with Gasteiger partial charge in [-0.05, 0) is 31.2 Å². The number of benzene rings is 1. The van der Waals surface area contributed by atoms with Gasteiger partial charge in [0.15, 0.2) is 0 Å². The highest BCUT2D eigenvalue weighted by Gasteiger charge is 2.11. The second-order valence-electron chi connectivity index (χ2n) is 3.92. The summed E-state index contributed by atoms with van der Waals surface area (Å²) in [6.07, 6.45) is 0. The molecule has 2 rings (SSSR count). The number of rotatable bonds is 3. The Balaban J connectivity index is 2.25. The lowest BCUT2D eigenvalue weighted by molar-refractivity contribution is 0.103. The molecule has 3 nitrogen and oxygen atoms in total. The van der Waals surface area contributed by atoms with Crippen LogP contribution in [0.4, 0.5) is 5.69 Å². The molecule has 0 spiro atoms. The minimum absolute atomic E-state index is 0.194. The molecule has 0 bridgehead atoms. The first kappa shape index (κ1) is 14.0. The van der Waals surface area contributed by atoms with E-state index in [4.69, 9.17) is 29.6 Å². The Morgan fingerprint density at radius 3 is 2.68 bits per heavy atom. The number of anilines is 1. The first-order valence-electron chi connectivity index (χ1n) is 5.44. The van der Waals surface area contributed by atoms with Crippen LogP contribution in [0, 0.1) is 6.92 Å². The molecule has 0 unspecified atom stereocenters. The maximum Gasteiger partial charge on any atom is 0.265 e. The van der Waals surface area contributed by atoms with E-state index >= 15 is 0 Å². The fraction of sp³-hybridized carbons (Fsp3) is 0.0769. The summed E-state index contributed by atoms with van der Waals surface area (Å²) in [6.45, 7) is 1.95. The van der Waals surface area contributed by atoms with Gasteiger partial charge in [-0.15, -0.1) is 11.3 Å². The van der Waals surface area contributed by atoms with E-state index in [-0.39, 0.29) is 10.9 Å². The van der Waals surface area contributed by atoms with Gasteiger partial charge in [-0.2, -0.15) is 0 Å². The lowest BCUT2D eigenvalue weighted by Gasteiger charge is -2.08. The van der Waals surface area contributed by atoms with Crippen LogP contribution in [0.5, 0.6) is 0 Å². The average molecular weight is 311 g/mol. The molecule has 6 heteroatoms. The van der Waals surface area contributed by atoms with Gasteiger partial charge in [0.2, 0.25) is 0 Å². The van der Waals surface area contributed by atoms with Crippen molar-refractivity contribution in [1.82, 2.24) is 0 Å². The number of hydrogen-bond donors (Lipinski definition) is 2. The number of halogens is 1. The van der Waals surface area contributed by atoms with Crippen molar-refractivity contribution in [2.75, 3.05) is 5.32 Å². The lowest BCUT2D eigenvalue weighted by atomic mass is 10.2. The third kappa shape index (κ3) is 3.32. The van der Waals surface area contributed by atoms with Gasteiger partial charge < -0.3 is 11.1 Å². The van der Waals surface area contributed by atoms with Crippen molar-refractivity contribution in [2.24, 2.45) is 5.73 Å². The highest BCUT2D eigenvalue weighted by molar-refractivity contribution is 7.80. The minimum atomic E-state index is -0.194. The Labute approximate surface area is 125 Å². The standard InChI is InChI=1S/C13H11ClN2OS2/c1-7-2-5-11(19-7)13(17)16-10-6-8(12(15)18)3-4-9(10)14/h2-6H,1H3,(H2,15,18)(H,16,17). The van der Waals surface area contributed by atoms with Gasteiger partial charge in [-0.25, -0.2) is 0 Å². The molecule has 1 aromatic heterocycles. The van der Waals surface area contributed by atoms with E-state index in [0.29, 0.717) is 21.2 Å². The zero-order valence-corrected chi connectivity index (χ0v) is 12.5. The van der Waals surface area contributed by atoms with E-state index in [1.165, 1.54) is 11.3 Å². The normalized spacial score (nSPS) is 10.2. The topological polar surface area (TPSA) is 55.1 Å². The SMILES string of the molecule is Cc1ccc(C(=O)Nc2cc(C(N)=S)ccc2Cl)s1. The number of carbonyl (C=O) groups excluding carboxylic acids is 1. The average Bonchev–Trinajstić information content (AvgIpc) is 2.78. The number of hydrogen-bond acceptors (Lipinski definition) is 3. The Bertz CT molecular complexity index is 652. The highest BCUT2D eigenvalue weighted by atomic mass is 35.5. The van der Waals surface area contributed by atoms with Crippen LogP contribution >= 0.6 is 35.2 Å². The molecule has 19 heavy (non-hydrogen) atoms. The number of nitrogens with one attached hydrogen (secondary N) is 1. The van der Waals surface area contributed by atoms with E-state index in [9.17, 15) is 4.79 Å². The predicted molar refractivity (Wildman–Crippen MR) is 84.3 cm³/mol. The second kappa shape index (κ2) is 5.69. The maximum atomic E-state index is 12.0. The largest absolute Gasteiger partial charge is 0.389 e. The predicted octanol–water partition coefficient (Wildman–Crippen LogP) is 3.60. The van der Waals surface area contributed by atoms with Crippen LogP contribution in [0.25, 0.3) is 0 Å². The van der Waals surface area contributed by atoms with Gasteiger partial charge >= 0.3 is 0 Å². The van der Waals surface area contributed by atoms with Crippen LogP contribution in [0.1, 0.15) is 20.1 Å². The summed E-state index contributed by atoms with van der Waals surface area (Å²) in [7, 11) is 0. The second-order valence-corrected chi connectivity index (χ2v) is 6.06. The van der Waals surface area contributed by atoms with Crippen molar-refractivity contribution >= 4 is 51.7 Å². The summed E-state index contributed by atoms with van der Waals surface area (Å²) < 4.78 is 0. The quantitative estimate of drug-likeness (QED) is 0.852. The lowest BCUT2D eigenvalue weighted by Crippen LogP contribution is -2.13. The summed E-state index contributed by atoms with van der Waals surface area (Å²) in [5, 5.41) is 3.21. The van der Waals surface area contributed by atoms with Crippen molar-refractivity contribution in [3.8, 4) is 0 Å². The third-order valence-electron chi connectivity index (χ3n) is 2.46. The van der Waals surface area contributed by atoms with Gasteiger partial charge in [0, 0.05) is 10.4 Å². The molecule has 1 heterocycles. The molecule has 0 radical (unpaired) electrons. The number of carbonyl (C=O) groups is 1. The Hall–Kier alpha value is -1.43. The van der Waals surface area contributed by atoms with Crippen LogP contribution in [0.15, 0.2) is 30.3 Å². The van der Waals surface area contributed by atoms with Gasteiger partial charge in [0.25, 0.3) is 5.91 Å². The van der Waals surface area contributed by atoms with Gasteiger partial charge in [0.1, 0.15) is 4.99 Å². The fourth-order valence-corrected chi connectivity index (χ4v) is 2.57. The Morgan fingerprint density at radius 1 is 1.37 bits per heavy atom. The van der Waals surface area contributed by atoms with Crippen molar-refractivity contribution in [2.45, 2.75) is 6.92 Å². The van der Waals surface area contributed by atoms with Crippen molar-refractivity contribution in [1.29, 1.82) is 0 Å². The molecule has 0 saturated heterocycles. The number of aryl methyl sites for hydroxylation is 1. The molecule has 0 aliphatic rings. The molecule has 0 aliphatic heterocycles. The van der Waals surface area contributed by atoms with Crippen LogP contribution in [-0.4, -0.2) is 10.9 Å². The van der Waals surface area contributed by atoms with E-state index in [1.54, 1.807) is 24.3 Å². The van der Waals surface area contributed by atoms with Crippen molar-refractivity contribution in [3.63, 3.8) is 0 Å². The molecule has 0 fully saturated rings. The first-order valence-corrected chi connectivity index (χ1v) is 7.05. The Kier molecular flexibility index (Phi) is 4.19. The van der Waals surface area contributed by atoms with E-state index < -0.39 is 0 Å². The fourth-order valence-electron chi connectivity index (χ4n) is 1.51. The van der Waals surface area contributed by atoms with Crippen LogP contribution in [0.2, 0.25) is 5.02 Å².